The molecule has 3 rings (SSSR count). The summed E-state index contributed by atoms with van der Waals surface area (Å²) in [5, 5.41) is 5.31. The third kappa shape index (κ3) is 4.36. The molecule has 1 atom stereocenters. The van der Waals surface area contributed by atoms with Gasteiger partial charge in [0.2, 0.25) is 5.91 Å². The monoisotopic (exact) mass is 344 g/mol. The van der Waals surface area contributed by atoms with Gasteiger partial charge in [-0.05, 0) is 31.5 Å². The van der Waals surface area contributed by atoms with E-state index in [1.54, 1.807) is 0 Å². The van der Waals surface area contributed by atoms with Crippen molar-refractivity contribution in [2.45, 2.75) is 25.3 Å². The van der Waals surface area contributed by atoms with Gasteiger partial charge in [-0.15, -0.1) is 0 Å². The summed E-state index contributed by atoms with van der Waals surface area (Å²) >= 11 is 0. The summed E-state index contributed by atoms with van der Waals surface area (Å²) in [5.41, 5.74) is 1.17. The number of nitrogens with zero attached hydrogens (tertiary/aromatic N) is 2. The fourth-order valence-corrected chi connectivity index (χ4v) is 3.39. The first-order valence-corrected chi connectivity index (χ1v) is 8.79. The van der Waals surface area contributed by atoms with Crippen LogP contribution in [-0.4, -0.2) is 60.4 Å². The Morgan fingerprint density at radius 2 is 1.84 bits per heavy atom. The first-order valence-electron chi connectivity index (χ1n) is 8.79. The van der Waals surface area contributed by atoms with E-state index in [0.29, 0.717) is 6.54 Å². The highest BCUT2D eigenvalue weighted by molar-refractivity contribution is 6.04. The number of carbonyl (C=O) groups excluding carboxylic acids is 3. The van der Waals surface area contributed by atoms with Gasteiger partial charge in [-0.25, -0.2) is 4.79 Å². The van der Waals surface area contributed by atoms with E-state index in [4.69, 9.17) is 0 Å². The molecule has 2 N–H and O–H groups in total. The van der Waals surface area contributed by atoms with Crippen LogP contribution in [0.4, 0.5) is 4.79 Å². The predicted octanol–water partition coefficient (Wildman–Crippen LogP) is 0.882. The molecule has 0 spiro atoms. The van der Waals surface area contributed by atoms with Crippen LogP contribution in [0.1, 0.15) is 30.9 Å². The Balaban J connectivity index is 1.61. The van der Waals surface area contributed by atoms with E-state index in [2.05, 4.69) is 27.7 Å². The number of rotatable bonds is 6. The van der Waals surface area contributed by atoms with E-state index in [0.717, 1.165) is 18.0 Å². The summed E-state index contributed by atoms with van der Waals surface area (Å²) in [4.78, 5) is 38.7. The average Bonchev–Trinajstić information content (AvgIpc) is 2.96. The van der Waals surface area contributed by atoms with Crippen molar-refractivity contribution in [2.75, 3.05) is 32.7 Å². The van der Waals surface area contributed by atoms with Gasteiger partial charge in [0, 0.05) is 6.54 Å². The number of urea groups is 1. The lowest BCUT2D eigenvalue weighted by Crippen LogP contribution is -2.45. The Morgan fingerprint density at radius 1 is 1.12 bits per heavy atom. The molecule has 0 aliphatic carbocycles. The topological polar surface area (TPSA) is 81.8 Å². The van der Waals surface area contributed by atoms with Crippen LogP contribution in [0.15, 0.2) is 30.3 Å². The molecular weight excluding hydrogens is 320 g/mol. The van der Waals surface area contributed by atoms with E-state index in [1.165, 1.54) is 24.8 Å². The van der Waals surface area contributed by atoms with Gasteiger partial charge < -0.3 is 10.6 Å². The van der Waals surface area contributed by atoms with Crippen molar-refractivity contribution in [1.82, 2.24) is 20.4 Å². The Morgan fingerprint density at radius 3 is 2.48 bits per heavy atom. The molecule has 2 fully saturated rings. The zero-order valence-electron chi connectivity index (χ0n) is 14.2. The third-order valence-electron chi connectivity index (χ3n) is 4.75. The standard InChI is InChI=1S/C18H24N4O3/c23-16(13-22-17(24)12-20-18(22)25)19-11-15(14-7-3-1-4-8-14)21-9-5-2-6-10-21/h1,3-4,7-8,15H,2,5-6,9-13H2,(H,19,23)(H,20,25)/t15-/m1/s1. The summed E-state index contributed by atoms with van der Waals surface area (Å²) in [6.07, 6.45) is 3.58. The fourth-order valence-electron chi connectivity index (χ4n) is 3.39. The van der Waals surface area contributed by atoms with Crippen LogP contribution in [0, 0.1) is 0 Å². The SMILES string of the molecule is O=C(CN1C(=O)CNC1=O)NC[C@H](c1ccccc1)N1CCCCC1. The number of amides is 4. The summed E-state index contributed by atoms with van der Waals surface area (Å²) in [6.45, 7) is 2.23. The second-order valence-electron chi connectivity index (χ2n) is 6.47. The smallest absolute Gasteiger partial charge is 0.325 e. The Bertz CT molecular complexity index is 612. The van der Waals surface area contributed by atoms with Crippen LogP contribution in [0.5, 0.6) is 0 Å². The quantitative estimate of drug-likeness (QED) is 0.751. The molecule has 0 saturated carbocycles. The molecule has 2 aliphatic rings. The van der Waals surface area contributed by atoms with E-state index in [1.807, 2.05) is 18.2 Å². The van der Waals surface area contributed by atoms with Gasteiger partial charge >= 0.3 is 6.03 Å². The van der Waals surface area contributed by atoms with E-state index in [9.17, 15) is 14.4 Å². The summed E-state index contributed by atoms with van der Waals surface area (Å²) < 4.78 is 0. The van der Waals surface area contributed by atoms with Gasteiger partial charge in [-0.2, -0.15) is 0 Å². The maximum atomic E-state index is 12.2. The normalized spacial score (nSPS) is 19.6. The highest BCUT2D eigenvalue weighted by Crippen LogP contribution is 2.23. The molecule has 134 valence electrons. The first-order chi connectivity index (χ1) is 12.1. The molecule has 0 radical (unpaired) electrons. The number of likely N-dealkylation sites (tertiary alicyclic amines) is 1. The lowest BCUT2D eigenvalue weighted by atomic mass is 10.0. The molecule has 0 unspecified atom stereocenters. The van der Waals surface area contributed by atoms with Crippen molar-refractivity contribution < 1.29 is 14.4 Å². The second-order valence-corrected chi connectivity index (χ2v) is 6.47. The number of benzene rings is 1. The number of piperidine rings is 1. The molecule has 7 heteroatoms. The minimum absolute atomic E-state index is 0.0352. The number of nitrogens with one attached hydrogen (secondary N) is 2. The minimum Gasteiger partial charge on any atom is -0.353 e. The van der Waals surface area contributed by atoms with Gasteiger partial charge in [0.25, 0.3) is 5.91 Å². The molecule has 2 saturated heterocycles. The third-order valence-corrected chi connectivity index (χ3v) is 4.75. The van der Waals surface area contributed by atoms with Gasteiger partial charge in [0.1, 0.15) is 6.54 Å². The van der Waals surface area contributed by atoms with Crippen molar-refractivity contribution in [3.05, 3.63) is 35.9 Å². The highest BCUT2D eigenvalue weighted by Gasteiger charge is 2.30. The lowest BCUT2D eigenvalue weighted by Gasteiger charge is -2.35. The second kappa shape index (κ2) is 8.11. The molecule has 4 amide bonds. The largest absolute Gasteiger partial charge is 0.353 e. The van der Waals surface area contributed by atoms with Crippen LogP contribution in [0.25, 0.3) is 0 Å². The van der Waals surface area contributed by atoms with Gasteiger partial charge in [-0.3, -0.25) is 19.4 Å². The molecule has 7 nitrogen and oxygen atoms in total. The zero-order chi connectivity index (χ0) is 17.6. The van der Waals surface area contributed by atoms with Crippen LogP contribution in [0.2, 0.25) is 0 Å². The van der Waals surface area contributed by atoms with Crippen molar-refractivity contribution in [2.24, 2.45) is 0 Å². The summed E-state index contributed by atoms with van der Waals surface area (Å²) in [6, 6.07) is 9.73. The number of carbonyl (C=O) groups is 3. The van der Waals surface area contributed by atoms with Crippen molar-refractivity contribution >= 4 is 17.8 Å². The van der Waals surface area contributed by atoms with Crippen molar-refractivity contribution in [1.29, 1.82) is 0 Å². The van der Waals surface area contributed by atoms with Crippen molar-refractivity contribution in [3.63, 3.8) is 0 Å². The number of imide groups is 1. The van der Waals surface area contributed by atoms with Crippen LogP contribution in [-0.2, 0) is 9.59 Å². The maximum absolute atomic E-state index is 12.2. The number of hydrogen-bond acceptors (Lipinski definition) is 4. The molecule has 25 heavy (non-hydrogen) atoms. The molecule has 0 aromatic heterocycles. The highest BCUT2D eigenvalue weighted by atomic mass is 16.2. The Hall–Kier alpha value is -2.41. The molecule has 1 aromatic rings. The average molecular weight is 344 g/mol. The van der Waals surface area contributed by atoms with E-state index < -0.39 is 6.03 Å². The summed E-state index contributed by atoms with van der Waals surface area (Å²) in [7, 11) is 0. The van der Waals surface area contributed by atoms with Crippen LogP contribution < -0.4 is 10.6 Å². The zero-order valence-corrected chi connectivity index (χ0v) is 14.2. The van der Waals surface area contributed by atoms with Crippen molar-refractivity contribution in [3.8, 4) is 0 Å². The van der Waals surface area contributed by atoms with Gasteiger partial charge in [-0.1, -0.05) is 36.8 Å². The molecule has 0 bridgehead atoms. The predicted molar refractivity (Wildman–Crippen MR) is 92.7 cm³/mol. The Kier molecular flexibility index (Phi) is 5.65. The number of hydrogen-bond donors (Lipinski definition) is 2. The molecular formula is C18H24N4O3. The molecule has 2 aliphatic heterocycles. The van der Waals surface area contributed by atoms with E-state index >= 15 is 0 Å². The summed E-state index contributed by atoms with van der Waals surface area (Å²) in [5.74, 6) is -0.681. The maximum Gasteiger partial charge on any atom is 0.325 e. The molecule has 1 aromatic carbocycles. The Labute approximate surface area is 147 Å². The first kappa shape index (κ1) is 17.4. The minimum atomic E-state index is -0.504. The fraction of sp³-hybridized carbons (Fsp3) is 0.500. The van der Waals surface area contributed by atoms with Crippen LogP contribution >= 0.6 is 0 Å². The van der Waals surface area contributed by atoms with Crippen LogP contribution in [0.3, 0.4) is 0 Å². The lowest BCUT2D eigenvalue weighted by molar-refractivity contribution is -0.130. The van der Waals surface area contributed by atoms with Gasteiger partial charge in [0.15, 0.2) is 0 Å². The van der Waals surface area contributed by atoms with E-state index in [-0.39, 0.29) is 30.9 Å². The molecule has 2 heterocycles. The van der Waals surface area contributed by atoms with Gasteiger partial charge in [0.05, 0.1) is 12.6 Å².